The number of nitrogens with zero attached hydrogens (tertiary/aromatic N) is 1. The van der Waals surface area contributed by atoms with Crippen molar-refractivity contribution in [3.63, 3.8) is 0 Å². The van der Waals surface area contributed by atoms with Crippen molar-refractivity contribution in [3.05, 3.63) is 10.1 Å². The van der Waals surface area contributed by atoms with Gasteiger partial charge in [-0.15, -0.1) is 0 Å². The first-order chi connectivity index (χ1) is 6.91. The van der Waals surface area contributed by atoms with E-state index >= 15 is 0 Å². The number of rotatable bonds is 3. The second-order valence-corrected chi connectivity index (χ2v) is 3.64. The Morgan fingerprint density at radius 1 is 1.53 bits per heavy atom. The lowest BCUT2D eigenvalue weighted by Crippen LogP contribution is -2.34. The van der Waals surface area contributed by atoms with Crippen molar-refractivity contribution in [1.82, 2.24) is 0 Å². The highest BCUT2D eigenvalue weighted by Gasteiger charge is 2.45. The maximum atomic E-state index is 10.6. The van der Waals surface area contributed by atoms with Crippen molar-refractivity contribution in [3.8, 4) is 0 Å². The number of aliphatic hydroxyl groups excluding tert-OH is 2. The van der Waals surface area contributed by atoms with E-state index in [2.05, 4.69) is 0 Å². The third kappa shape index (κ3) is 2.87. The summed E-state index contributed by atoms with van der Waals surface area (Å²) in [6.45, 7) is 0.746. The minimum atomic E-state index is -1.24. The van der Waals surface area contributed by atoms with Crippen LogP contribution in [0.1, 0.15) is 13.3 Å². The lowest BCUT2D eigenvalue weighted by molar-refractivity contribution is -0.490. The number of aliphatic hydroxyl groups is 2. The van der Waals surface area contributed by atoms with Crippen LogP contribution in [0.25, 0.3) is 0 Å². The Balaban J connectivity index is 2.58. The molecule has 1 aliphatic carbocycles. The maximum absolute atomic E-state index is 10.6. The molecule has 1 rings (SSSR count). The van der Waals surface area contributed by atoms with E-state index < -0.39 is 41.7 Å². The van der Waals surface area contributed by atoms with Crippen LogP contribution >= 0.6 is 0 Å². The topological polar surface area (TPSA) is 110 Å². The fraction of sp³-hybridized carbons (Fsp3) is 0.875. The predicted molar refractivity (Wildman–Crippen MR) is 47.5 cm³/mol. The molecule has 0 aromatic carbocycles. The summed E-state index contributed by atoms with van der Waals surface area (Å²) in [5.41, 5.74) is 0. The van der Waals surface area contributed by atoms with E-state index in [1.165, 1.54) is 6.92 Å². The van der Waals surface area contributed by atoms with Gasteiger partial charge in [0.2, 0.25) is 6.54 Å². The summed E-state index contributed by atoms with van der Waals surface area (Å²) < 4.78 is 4.73. The molecule has 4 atom stereocenters. The normalized spacial score (nSPS) is 35.1. The van der Waals surface area contributed by atoms with Gasteiger partial charge in [-0.05, 0) is 6.42 Å². The van der Waals surface area contributed by atoms with Crippen molar-refractivity contribution in [2.75, 3.05) is 6.54 Å². The van der Waals surface area contributed by atoms with Crippen LogP contribution < -0.4 is 0 Å². The molecule has 0 amide bonds. The maximum Gasteiger partial charge on any atom is 0.302 e. The van der Waals surface area contributed by atoms with Gasteiger partial charge in [0.1, 0.15) is 12.2 Å². The van der Waals surface area contributed by atoms with Gasteiger partial charge in [-0.1, -0.05) is 0 Å². The second kappa shape index (κ2) is 4.54. The first kappa shape index (κ1) is 11.9. The molecule has 0 unspecified atom stereocenters. The van der Waals surface area contributed by atoms with Crippen LogP contribution in [0.2, 0.25) is 0 Å². The zero-order valence-corrected chi connectivity index (χ0v) is 8.20. The number of nitro groups is 1. The minimum absolute atomic E-state index is 0.114. The van der Waals surface area contributed by atoms with Gasteiger partial charge < -0.3 is 14.9 Å². The monoisotopic (exact) mass is 219 g/mol. The van der Waals surface area contributed by atoms with Gasteiger partial charge >= 0.3 is 5.97 Å². The summed E-state index contributed by atoms with van der Waals surface area (Å²) in [5, 5.41) is 29.1. The van der Waals surface area contributed by atoms with Crippen molar-refractivity contribution in [2.24, 2.45) is 5.92 Å². The summed E-state index contributed by atoms with van der Waals surface area (Å²) in [6, 6.07) is 0. The van der Waals surface area contributed by atoms with Gasteiger partial charge in [-0.25, -0.2) is 0 Å². The molecular weight excluding hydrogens is 206 g/mol. The van der Waals surface area contributed by atoms with E-state index in [1.807, 2.05) is 0 Å². The molecule has 2 N–H and O–H groups in total. The fourth-order valence-electron chi connectivity index (χ4n) is 1.78. The summed E-state index contributed by atoms with van der Waals surface area (Å²) in [5.74, 6) is -1.24. The largest absolute Gasteiger partial charge is 0.460 e. The summed E-state index contributed by atoms with van der Waals surface area (Å²) in [7, 11) is 0. The number of esters is 1. The fourth-order valence-corrected chi connectivity index (χ4v) is 1.78. The highest BCUT2D eigenvalue weighted by molar-refractivity contribution is 5.66. The first-order valence-electron chi connectivity index (χ1n) is 4.57. The predicted octanol–water partition coefficient (Wildman–Crippen LogP) is -1.06. The van der Waals surface area contributed by atoms with Crippen molar-refractivity contribution in [2.45, 2.75) is 31.7 Å². The molecule has 0 aliphatic heterocycles. The number of carbonyl (C=O) groups excluding carboxylic acids is 1. The molecule has 1 fully saturated rings. The standard InChI is InChI=1S/C8H13NO6/c1-4(10)15-6-2-5(3-9(13)14)7(11)8(6)12/h5-8,11-12H,2-3H2,1H3/t5-,6-,7+,8-/m1/s1. The van der Waals surface area contributed by atoms with Crippen LogP contribution in [0.5, 0.6) is 0 Å². The van der Waals surface area contributed by atoms with E-state index in [4.69, 9.17) is 4.74 Å². The zero-order chi connectivity index (χ0) is 11.6. The van der Waals surface area contributed by atoms with Crippen LogP contribution in [-0.4, -0.2) is 46.0 Å². The van der Waals surface area contributed by atoms with Gasteiger partial charge in [-0.2, -0.15) is 0 Å². The van der Waals surface area contributed by atoms with Gasteiger partial charge in [-0.3, -0.25) is 14.9 Å². The molecule has 7 nitrogen and oxygen atoms in total. The lowest BCUT2D eigenvalue weighted by atomic mass is 10.1. The van der Waals surface area contributed by atoms with E-state index in [0.29, 0.717) is 0 Å². The minimum Gasteiger partial charge on any atom is -0.460 e. The van der Waals surface area contributed by atoms with Gasteiger partial charge in [0.05, 0.1) is 12.0 Å². The molecule has 0 aromatic heterocycles. The number of hydrogen-bond donors (Lipinski definition) is 2. The molecule has 0 heterocycles. The SMILES string of the molecule is CC(=O)O[C@@H]1C[C@H](C[N+](=O)[O-])[C@H](O)[C@@H]1O. The van der Waals surface area contributed by atoms with Crippen LogP contribution in [-0.2, 0) is 9.53 Å². The highest BCUT2D eigenvalue weighted by Crippen LogP contribution is 2.29. The first-order valence-corrected chi connectivity index (χ1v) is 4.57. The molecule has 15 heavy (non-hydrogen) atoms. The van der Waals surface area contributed by atoms with E-state index in [-0.39, 0.29) is 6.42 Å². The van der Waals surface area contributed by atoms with Gasteiger partial charge in [0.15, 0.2) is 0 Å². The molecule has 0 spiro atoms. The molecule has 0 saturated heterocycles. The van der Waals surface area contributed by atoms with Crippen LogP contribution in [0.3, 0.4) is 0 Å². The van der Waals surface area contributed by atoms with Crippen LogP contribution in [0, 0.1) is 16.0 Å². The van der Waals surface area contributed by atoms with E-state index in [0.717, 1.165) is 0 Å². The average Bonchev–Trinajstić information content (AvgIpc) is 2.32. The van der Waals surface area contributed by atoms with Crippen molar-refractivity contribution in [1.29, 1.82) is 0 Å². The average molecular weight is 219 g/mol. The molecule has 1 aliphatic rings. The second-order valence-electron chi connectivity index (χ2n) is 3.64. The Morgan fingerprint density at radius 3 is 2.60 bits per heavy atom. The van der Waals surface area contributed by atoms with E-state index in [1.54, 1.807) is 0 Å². The molecule has 86 valence electrons. The Bertz CT molecular complexity index is 242. The van der Waals surface area contributed by atoms with Gasteiger partial charge in [0, 0.05) is 11.8 Å². The molecule has 0 bridgehead atoms. The summed E-state index contributed by atoms with van der Waals surface area (Å²) >= 11 is 0. The summed E-state index contributed by atoms with van der Waals surface area (Å²) in [4.78, 5) is 20.3. The van der Waals surface area contributed by atoms with Crippen molar-refractivity contribution >= 4 is 5.97 Å². The number of ether oxygens (including phenoxy) is 1. The quantitative estimate of drug-likeness (QED) is 0.355. The Labute approximate surface area is 85.8 Å². The molecule has 1 saturated carbocycles. The Kier molecular flexibility index (Phi) is 3.59. The van der Waals surface area contributed by atoms with Crippen molar-refractivity contribution < 1.29 is 24.7 Å². The molecular formula is C8H13NO6. The third-order valence-electron chi connectivity index (χ3n) is 2.45. The Hall–Kier alpha value is -1.21. The molecule has 7 heteroatoms. The van der Waals surface area contributed by atoms with Crippen LogP contribution in [0.4, 0.5) is 0 Å². The Morgan fingerprint density at radius 2 is 2.13 bits per heavy atom. The molecule has 0 radical (unpaired) electrons. The number of hydrogen-bond acceptors (Lipinski definition) is 6. The zero-order valence-electron chi connectivity index (χ0n) is 8.20. The highest BCUT2D eigenvalue weighted by atomic mass is 16.6. The van der Waals surface area contributed by atoms with E-state index in [9.17, 15) is 25.1 Å². The molecule has 0 aromatic rings. The van der Waals surface area contributed by atoms with Crippen LogP contribution in [0.15, 0.2) is 0 Å². The number of carbonyl (C=O) groups is 1. The summed E-state index contributed by atoms with van der Waals surface area (Å²) in [6.07, 6.45) is -3.18. The van der Waals surface area contributed by atoms with Gasteiger partial charge in [0.25, 0.3) is 0 Å². The smallest absolute Gasteiger partial charge is 0.302 e. The third-order valence-corrected chi connectivity index (χ3v) is 2.45. The lowest BCUT2D eigenvalue weighted by Gasteiger charge is -2.15.